The second-order valence-corrected chi connectivity index (χ2v) is 6.11. The maximum atomic E-state index is 11.7. The third-order valence-electron chi connectivity index (χ3n) is 4.49. The van der Waals surface area contributed by atoms with Crippen molar-refractivity contribution in [2.24, 2.45) is 7.05 Å². The van der Waals surface area contributed by atoms with Crippen LogP contribution in [0.2, 0.25) is 0 Å². The fraction of sp³-hybridized carbons (Fsp3) is 0.368. The minimum Gasteiger partial charge on any atom is -0.496 e. The highest BCUT2D eigenvalue weighted by Gasteiger charge is 2.17. The van der Waals surface area contributed by atoms with Gasteiger partial charge in [-0.25, -0.2) is 4.68 Å². The summed E-state index contributed by atoms with van der Waals surface area (Å²) in [5, 5.41) is 4.10. The number of rotatable bonds is 5. The van der Waals surface area contributed by atoms with E-state index in [1.165, 1.54) is 4.68 Å². The highest BCUT2D eigenvalue weighted by atomic mass is 16.5. The molecule has 1 aromatic carbocycles. The van der Waals surface area contributed by atoms with Gasteiger partial charge in [-0.05, 0) is 6.07 Å². The molecule has 1 saturated heterocycles. The molecule has 0 bridgehead atoms. The number of aromatic nitrogens is 2. The lowest BCUT2D eigenvalue weighted by Gasteiger charge is -2.35. The van der Waals surface area contributed by atoms with Crippen LogP contribution in [0.3, 0.4) is 0 Å². The average Bonchev–Trinajstić information content (AvgIpc) is 2.65. The van der Waals surface area contributed by atoms with Gasteiger partial charge in [-0.15, -0.1) is 0 Å². The van der Waals surface area contributed by atoms with Crippen LogP contribution in [-0.4, -0.2) is 54.5 Å². The predicted molar refractivity (Wildman–Crippen MR) is 100 cm³/mol. The molecule has 6 heteroatoms. The molecule has 1 aliphatic rings. The second kappa shape index (κ2) is 7.98. The SMILES string of the molecule is COc1ccccc1C=CCN1CCN(c2cnn(C)c(=O)c2)CC1. The Balaban J connectivity index is 1.53. The van der Waals surface area contributed by atoms with Gasteiger partial charge in [-0.1, -0.05) is 30.4 Å². The molecular weight excluding hydrogens is 316 g/mol. The van der Waals surface area contributed by atoms with Crippen LogP contribution >= 0.6 is 0 Å². The Morgan fingerprint density at radius 3 is 2.68 bits per heavy atom. The van der Waals surface area contributed by atoms with E-state index < -0.39 is 0 Å². The zero-order valence-corrected chi connectivity index (χ0v) is 14.8. The molecule has 0 amide bonds. The molecule has 0 radical (unpaired) electrons. The first kappa shape index (κ1) is 17.2. The van der Waals surface area contributed by atoms with E-state index >= 15 is 0 Å². The quantitative estimate of drug-likeness (QED) is 0.828. The normalized spacial score (nSPS) is 15.7. The summed E-state index contributed by atoms with van der Waals surface area (Å²) in [5.74, 6) is 0.890. The van der Waals surface area contributed by atoms with Crippen LogP contribution in [0, 0.1) is 0 Å². The first-order valence-electron chi connectivity index (χ1n) is 8.47. The average molecular weight is 340 g/mol. The molecular formula is C19H24N4O2. The molecule has 0 atom stereocenters. The molecule has 1 aromatic heterocycles. The number of nitrogens with zero attached hydrogens (tertiary/aromatic N) is 4. The van der Waals surface area contributed by atoms with Crippen molar-refractivity contribution in [2.75, 3.05) is 44.7 Å². The van der Waals surface area contributed by atoms with Crippen molar-refractivity contribution in [3.63, 3.8) is 0 Å². The Hall–Kier alpha value is -2.60. The van der Waals surface area contributed by atoms with Gasteiger partial charge in [0.1, 0.15) is 5.75 Å². The third kappa shape index (κ3) is 4.28. The first-order valence-corrected chi connectivity index (χ1v) is 8.47. The number of aryl methyl sites for hydroxylation is 1. The Bertz CT molecular complexity index is 792. The number of hydrogen-bond donors (Lipinski definition) is 0. The van der Waals surface area contributed by atoms with Gasteiger partial charge in [0, 0.05) is 51.4 Å². The summed E-state index contributed by atoms with van der Waals surface area (Å²) in [6, 6.07) is 9.66. The standard InChI is InChI=1S/C19H24N4O2/c1-21-19(24)14-17(15-20-21)23-12-10-22(11-13-23)9-5-7-16-6-3-4-8-18(16)25-2/h3-8,14-15H,9-13H2,1-2H3. The van der Waals surface area contributed by atoms with Gasteiger partial charge in [-0.3, -0.25) is 9.69 Å². The van der Waals surface area contributed by atoms with Crippen molar-refractivity contribution in [1.29, 1.82) is 0 Å². The molecule has 0 spiro atoms. The molecule has 25 heavy (non-hydrogen) atoms. The molecule has 2 heterocycles. The molecule has 3 rings (SSSR count). The summed E-state index contributed by atoms with van der Waals surface area (Å²) in [7, 11) is 3.36. The van der Waals surface area contributed by atoms with E-state index in [0.29, 0.717) is 0 Å². The number of methoxy groups -OCH3 is 1. The second-order valence-electron chi connectivity index (χ2n) is 6.11. The Morgan fingerprint density at radius 2 is 1.96 bits per heavy atom. The maximum Gasteiger partial charge on any atom is 0.268 e. The summed E-state index contributed by atoms with van der Waals surface area (Å²) < 4.78 is 6.71. The van der Waals surface area contributed by atoms with Crippen LogP contribution in [0.5, 0.6) is 5.75 Å². The lowest BCUT2D eigenvalue weighted by Crippen LogP contribution is -2.46. The summed E-state index contributed by atoms with van der Waals surface area (Å²) in [5.41, 5.74) is 1.93. The first-order chi connectivity index (χ1) is 12.2. The largest absolute Gasteiger partial charge is 0.496 e. The maximum absolute atomic E-state index is 11.7. The summed E-state index contributed by atoms with van der Waals surface area (Å²) in [6.45, 7) is 4.63. The number of para-hydroxylation sites is 1. The molecule has 0 saturated carbocycles. The highest BCUT2D eigenvalue weighted by molar-refractivity contribution is 5.57. The van der Waals surface area contributed by atoms with Gasteiger partial charge in [0.2, 0.25) is 0 Å². The highest BCUT2D eigenvalue weighted by Crippen LogP contribution is 2.19. The van der Waals surface area contributed by atoms with Crippen LogP contribution in [0.1, 0.15) is 5.56 Å². The molecule has 2 aromatic rings. The summed E-state index contributed by atoms with van der Waals surface area (Å²) in [6.07, 6.45) is 6.04. The lowest BCUT2D eigenvalue weighted by atomic mass is 10.2. The van der Waals surface area contributed by atoms with Gasteiger partial charge >= 0.3 is 0 Å². The molecule has 1 aliphatic heterocycles. The topological polar surface area (TPSA) is 50.6 Å². The summed E-state index contributed by atoms with van der Waals surface area (Å²) in [4.78, 5) is 16.3. The molecule has 0 aliphatic carbocycles. The fourth-order valence-electron chi connectivity index (χ4n) is 2.95. The van der Waals surface area contributed by atoms with Gasteiger partial charge in [-0.2, -0.15) is 5.10 Å². The van der Waals surface area contributed by atoms with Crippen LogP contribution in [0.15, 0.2) is 47.4 Å². The smallest absolute Gasteiger partial charge is 0.268 e. The number of ether oxygens (including phenoxy) is 1. The third-order valence-corrected chi connectivity index (χ3v) is 4.49. The van der Waals surface area contributed by atoms with E-state index in [2.05, 4.69) is 33.1 Å². The van der Waals surface area contributed by atoms with Gasteiger partial charge < -0.3 is 9.64 Å². The van der Waals surface area contributed by atoms with Crippen molar-refractivity contribution >= 4 is 11.8 Å². The van der Waals surface area contributed by atoms with E-state index in [1.54, 1.807) is 26.4 Å². The van der Waals surface area contributed by atoms with Gasteiger partial charge in [0.25, 0.3) is 5.56 Å². The number of hydrogen-bond acceptors (Lipinski definition) is 5. The monoisotopic (exact) mass is 340 g/mol. The Labute approximate surface area is 147 Å². The number of anilines is 1. The van der Waals surface area contributed by atoms with Crippen molar-refractivity contribution in [3.05, 3.63) is 58.5 Å². The van der Waals surface area contributed by atoms with E-state index in [9.17, 15) is 4.79 Å². The van der Waals surface area contributed by atoms with E-state index in [0.717, 1.165) is 49.7 Å². The number of piperazine rings is 1. The minimum atomic E-state index is -0.0697. The molecule has 6 nitrogen and oxygen atoms in total. The van der Waals surface area contributed by atoms with E-state index in [1.807, 2.05) is 18.2 Å². The van der Waals surface area contributed by atoms with Crippen molar-refractivity contribution in [1.82, 2.24) is 14.7 Å². The van der Waals surface area contributed by atoms with Crippen LogP contribution in [-0.2, 0) is 7.05 Å². The minimum absolute atomic E-state index is 0.0697. The van der Waals surface area contributed by atoms with Gasteiger partial charge in [0.05, 0.1) is 19.0 Å². The number of benzene rings is 1. The van der Waals surface area contributed by atoms with Crippen LogP contribution in [0.25, 0.3) is 6.08 Å². The zero-order chi connectivity index (χ0) is 17.6. The van der Waals surface area contributed by atoms with Crippen molar-refractivity contribution in [2.45, 2.75) is 0 Å². The Morgan fingerprint density at radius 1 is 1.20 bits per heavy atom. The van der Waals surface area contributed by atoms with E-state index in [4.69, 9.17) is 4.74 Å². The van der Waals surface area contributed by atoms with Crippen LogP contribution < -0.4 is 15.2 Å². The molecule has 132 valence electrons. The van der Waals surface area contributed by atoms with Gasteiger partial charge in [0.15, 0.2) is 0 Å². The lowest BCUT2D eigenvalue weighted by molar-refractivity contribution is 0.284. The Kier molecular flexibility index (Phi) is 5.50. The van der Waals surface area contributed by atoms with Crippen LogP contribution in [0.4, 0.5) is 5.69 Å². The molecule has 0 unspecified atom stereocenters. The fourth-order valence-corrected chi connectivity index (χ4v) is 2.95. The molecule has 0 N–H and O–H groups in total. The predicted octanol–water partition coefficient (Wildman–Crippen LogP) is 1.62. The van der Waals surface area contributed by atoms with Crippen molar-refractivity contribution in [3.8, 4) is 5.75 Å². The molecule has 1 fully saturated rings. The van der Waals surface area contributed by atoms with Crippen molar-refractivity contribution < 1.29 is 4.74 Å². The van der Waals surface area contributed by atoms with E-state index in [-0.39, 0.29) is 5.56 Å². The zero-order valence-electron chi connectivity index (χ0n) is 14.8. The summed E-state index contributed by atoms with van der Waals surface area (Å²) >= 11 is 0.